The highest BCUT2D eigenvalue weighted by molar-refractivity contribution is 5.88. The molecule has 0 radical (unpaired) electrons. The molecule has 1 aromatic heterocycles. The van der Waals surface area contributed by atoms with E-state index in [-0.39, 0.29) is 29.9 Å². The van der Waals surface area contributed by atoms with Gasteiger partial charge in [-0.3, -0.25) is 9.59 Å². The van der Waals surface area contributed by atoms with Crippen LogP contribution in [0.1, 0.15) is 17.2 Å². The highest BCUT2D eigenvalue weighted by Crippen LogP contribution is 2.30. The van der Waals surface area contributed by atoms with Crippen LogP contribution in [0.5, 0.6) is 5.75 Å². The fraction of sp³-hybridized carbons (Fsp3) is 0.333. The average molecular weight is 422 g/mol. The molecule has 3 rings (SSSR count). The zero-order chi connectivity index (χ0) is 22.1. The van der Waals surface area contributed by atoms with Crippen molar-refractivity contribution in [3.05, 3.63) is 64.1 Å². The topological polar surface area (TPSA) is 71.8 Å². The van der Waals surface area contributed by atoms with E-state index in [0.29, 0.717) is 24.2 Å². The molecule has 1 saturated heterocycles. The molecule has 1 aliphatic rings. The summed E-state index contributed by atoms with van der Waals surface area (Å²) >= 11 is 0. The summed E-state index contributed by atoms with van der Waals surface area (Å²) in [6, 6.07) is 5.27. The number of benzene rings is 1. The summed E-state index contributed by atoms with van der Waals surface area (Å²) < 4.78 is 42.6. The van der Waals surface area contributed by atoms with Crippen molar-refractivity contribution in [2.24, 2.45) is 0 Å². The van der Waals surface area contributed by atoms with Crippen LogP contribution in [-0.2, 0) is 4.79 Å². The predicted molar refractivity (Wildman–Crippen MR) is 104 cm³/mol. The van der Waals surface area contributed by atoms with Gasteiger partial charge in [0, 0.05) is 36.5 Å². The number of carbonyl (C=O) groups is 1. The molecular weight excluding hydrogens is 401 g/mol. The van der Waals surface area contributed by atoms with Gasteiger partial charge in [-0.25, -0.2) is 0 Å². The van der Waals surface area contributed by atoms with Gasteiger partial charge in [0.25, 0.3) is 5.56 Å². The number of amides is 1. The van der Waals surface area contributed by atoms with Crippen LogP contribution >= 0.6 is 0 Å². The van der Waals surface area contributed by atoms with E-state index in [0.717, 1.165) is 11.1 Å². The van der Waals surface area contributed by atoms with Gasteiger partial charge in [0.05, 0.1) is 12.6 Å². The Balaban J connectivity index is 1.86. The van der Waals surface area contributed by atoms with E-state index in [9.17, 15) is 22.8 Å². The molecule has 0 unspecified atom stereocenters. The molecule has 30 heavy (non-hydrogen) atoms. The lowest BCUT2D eigenvalue weighted by Gasteiger charge is -2.40. The smallest absolute Gasteiger partial charge is 0.406 e. The second-order valence-electron chi connectivity index (χ2n) is 7.06. The summed E-state index contributed by atoms with van der Waals surface area (Å²) in [7, 11) is 0. The first kappa shape index (κ1) is 21.6. The van der Waals surface area contributed by atoms with Gasteiger partial charge in [0.2, 0.25) is 5.91 Å². The number of aliphatic hydroxyl groups excluding tert-OH is 1. The first-order chi connectivity index (χ1) is 14.1. The van der Waals surface area contributed by atoms with Gasteiger partial charge in [-0.1, -0.05) is 18.2 Å². The van der Waals surface area contributed by atoms with Crippen molar-refractivity contribution in [1.29, 1.82) is 0 Å². The molecule has 1 aliphatic heterocycles. The number of hydrogen-bond acceptors (Lipinski definition) is 4. The van der Waals surface area contributed by atoms with Crippen molar-refractivity contribution >= 4 is 5.91 Å². The third kappa shape index (κ3) is 4.56. The first-order valence-electron chi connectivity index (χ1n) is 9.25. The van der Waals surface area contributed by atoms with Crippen molar-refractivity contribution in [2.75, 3.05) is 19.7 Å². The van der Waals surface area contributed by atoms with Crippen molar-refractivity contribution in [3.8, 4) is 16.9 Å². The normalized spacial score (nSPS) is 14.8. The Morgan fingerprint density at radius 3 is 2.40 bits per heavy atom. The Hall–Kier alpha value is -3.07. The summed E-state index contributed by atoms with van der Waals surface area (Å²) in [5, 5.41) is 8.76. The Morgan fingerprint density at radius 1 is 1.20 bits per heavy atom. The second kappa shape index (κ2) is 8.35. The van der Waals surface area contributed by atoms with Gasteiger partial charge >= 0.3 is 6.36 Å². The third-order valence-electron chi connectivity index (χ3n) is 5.12. The van der Waals surface area contributed by atoms with E-state index in [2.05, 4.69) is 4.74 Å². The lowest BCUT2D eigenvalue weighted by atomic mass is 9.98. The van der Waals surface area contributed by atoms with E-state index in [1.54, 1.807) is 29.5 Å². The molecule has 1 fully saturated rings. The molecule has 0 aliphatic carbocycles. The lowest BCUT2D eigenvalue weighted by Crippen LogP contribution is -2.52. The van der Waals surface area contributed by atoms with E-state index >= 15 is 0 Å². The molecule has 0 saturated carbocycles. The van der Waals surface area contributed by atoms with Crippen LogP contribution in [-0.4, -0.2) is 46.5 Å². The quantitative estimate of drug-likeness (QED) is 0.753. The number of likely N-dealkylation sites (tertiary alicyclic amines) is 1. The van der Waals surface area contributed by atoms with Crippen LogP contribution in [0.4, 0.5) is 13.2 Å². The maximum absolute atomic E-state index is 12.7. The van der Waals surface area contributed by atoms with Crippen molar-refractivity contribution in [2.45, 2.75) is 26.3 Å². The molecule has 160 valence electrons. The summed E-state index contributed by atoms with van der Waals surface area (Å²) in [5.41, 5.74) is 2.47. The summed E-state index contributed by atoms with van der Waals surface area (Å²) in [6.07, 6.45) is -0.445. The lowest BCUT2D eigenvalue weighted by molar-refractivity contribution is -0.274. The average Bonchev–Trinajstić information content (AvgIpc) is 2.64. The molecule has 6 nitrogen and oxygen atoms in total. The minimum atomic E-state index is -4.76. The molecule has 0 spiro atoms. The molecular formula is C21H21F3N2O4. The van der Waals surface area contributed by atoms with Gasteiger partial charge in [-0.15, -0.1) is 13.2 Å². The molecule has 0 atom stereocenters. The van der Waals surface area contributed by atoms with E-state index in [1.807, 2.05) is 0 Å². The zero-order valence-electron chi connectivity index (χ0n) is 16.4. The molecule has 2 heterocycles. The van der Waals surface area contributed by atoms with Crippen molar-refractivity contribution in [1.82, 2.24) is 9.47 Å². The molecule has 9 heteroatoms. The molecule has 2 aromatic rings. The Bertz CT molecular complexity index is 1020. The summed E-state index contributed by atoms with van der Waals surface area (Å²) in [5.74, 6) is -0.560. The minimum Gasteiger partial charge on any atom is -0.406 e. The number of pyridine rings is 1. The highest BCUT2D eigenvalue weighted by Gasteiger charge is 2.32. The number of aromatic nitrogens is 1. The standard InChI is InChI=1S/C21H21F3N2O4/c1-13-14(2)20(29)26(16-10-25(11-16)19(28)4-3-9-27)12-18(13)15-5-7-17(8-6-15)30-21(22,23)24/h3-8,12,16,27H,9-11H2,1-2H3/b4-3+. The van der Waals surface area contributed by atoms with Gasteiger partial charge in [-0.05, 0) is 37.1 Å². The van der Waals surface area contributed by atoms with Gasteiger partial charge in [-0.2, -0.15) is 0 Å². The number of rotatable bonds is 5. The summed E-state index contributed by atoms with van der Waals surface area (Å²) in [6.45, 7) is 3.97. The number of aliphatic hydroxyl groups is 1. The number of carbonyl (C=O) groups excluding carboxylic acids is 1. The molecule has 1 aromatic carbocycles. The number of ether oxygens (including phenoxy) is 1. The van der Waals surface area contributed by atoms with Crippen LogP contribution in [0, 0.1) is 13.8 Å². The fourth-order valence-corrected chi connectivity index (χ4v) is 3.32. The maximum atomic E-state index is 12.7. The van der Waals surface area contributed by atoms with Crippen LogP contribution in [0.3, 0.4) is 0 Å². The van der Waals surface area contributed by atoms with Crippen molar-refractivity contribution in [3.63, 3.8) is 0 Å². The minimum absolute atomic E-state index is 0.170. The number of nitrogens with zero attached hydrogens (tertiary/aromatic N) is 2. The number of hydrogen-bond donors (Lipinski definition) is 1. The number of alkyl halides is 3. The van der Waals surface area contributed by atoms with Crippen molar-refractivity contribution < 1.29 is 27.8 Å². The van der Waals surface area contributed by atoms with Gasteiger partial charge in [0.1, 0.15) is 5.75 Å². The van der Waals surface area contributed by atoms with Crippen LogP contribution in [0.25, 0.3) is 11.1 Å². The Kier molecular flexibility index (Phi) is 6.02. The van der Waals surface area contributed by atoms with Crippen LogP contribution < -0.4 is 10.3 Å². The van der Waals surface area contributed by atoms with E-state index in [1.165, 1.54) is 36.4 Å². The predicted octanol–water partition coefficient (Wildman–Crippen LogP) is 2.96. The second-order valence-corrected chi connectivity index (χ2v) is 7.06. The SMILES string of the molecule is Cc1c(-c2ccc(OC(F)(F)F)cc2)cn(C2CN(C(=O)/C=C/CO)C2)c(=O)c1C. The van der Waals surface area contributed by atoms with Crippen LogP contribution in [0.15, 0.2) is 47.4 Å². The van der Waals surface area contributed by atoms with Gasteiger partial charge < -0.3 is 19.3 Å². The van der Waals surface area contributed by atoms with Crippen LogP contribution in [0.2, 0.25) is 0 Å². The molecule has 1 N–H and O–H groups in total. The molecule has 1 amide bonds. The third-order valence-corrected chi connectivity index (χ3v) is 5.12. The van der Waals surface area contributed by atoms with E-state index in [4.69, 9.17) is 5.11 Å². The first-order valence-corrected chi connectivity index (χ1v) is 9.25. The molecule has 0 bridgehead atoms. The largest absolute Gasteiger partial charge is 0.573 e. The van der Waals surface area contributed by atoms with Gasteiger partial charge in [0.15, 0.2) is 0 Å². The zero-order valence-corrected chi connectivity index (χ0v) is 16.4. The monoisotopic (exact) mass is 422 g/mol. The van der Waals surface area contributed by atoms with E-state index < -0.39 is 6.36 Å². The fourth-order valence-electron chi connectivity index (χ4n) is 3.32. The Morgan fingerprint density at radius 2 is 1.83 bits per heavy atom. The highest BCUT2D eigenvalue weighted by atomic mass is 19.4. The number of halogens is 3. The Labute approximate surface area is 170 Å². The maximum Gasteiger partial charge on any atom is 0.573 e. The summed E-state index contributed by atoms with van der Waals surface area (Å²) in [4.78, 5) is 26.2.